The van der Waals surface area contributed by atoms with Crippen LogP contribution in [0.25, 0.3) is 15.9 Å². The summed E-state index contributed by atoms with van der Waals surface area (Å²) in [7, 11) is 0. The van der Waals surface area contributed by atoms with Crippen molar-refractivity contribution in [1.29, 1.82) is 0 Å². The van der Waals surface area contributed by atoms with Crippen molar-refractivity contribution >= 4 is 27.5 Å². The second kappa shape index (κ2) is 8.23. The number of fused-ring (bicyclic) bond motifs is 1. The van der Waals surface area contributed by atoms with E-state index >= 15 is 0 Å². The smallest absolute Gasteiger partial charge is 0.256 e. The van der Waals surface area contributed by atoms with Crippen molar-refractivity contribution in [2.24, 2.45) is 5.92 Å². The number of amides is 1. The summed E-state index contributed by atoms with van der Waals surface area (Å²) in [4.78, 5) is 22.0. The predicted molar refractivity (Wildman–Crippen MR) is 123 cm³/mol. The van der Waals surface area contributed by atoms with Crippen LogP contribution in [0.15, 0.2) is 54.9 Å². The minimum atomic E-state index is 0.0532. The molecule has 0 aliphatic carbocycles. The number of thiazole rings is 1. The number of aryl methyl sites for hydroxylation is 1. The maximum atomic E-state index is 13.7. The van der Waals surface area contributed by atoms with Crippen molar-refractivity contribution in [3.05, 3.63) is 71.0 Å². The summed E-state index contributed by atoms with van der Waals surface area (Å²) < 4.78 is 1.23. The Balaban J connectivity index is 1.39. The van der Waals surface area contributed by atoms with Crippen molar-refractivity contribution in [2.45, 2.75) is 39.2 Å². The van der Waals surface area contributed by atoms with Crippen molar-refractivity contribution < 1.29 is 4.79 Å². The number of carbonyl (C=O) groups excluding carboxylic acids is 1. The zero-order valence-corrected chi connectivity index (χ0v) is 18.5. The summed E-state index contributed by atoms with van der Waals surface area (Å²) >= 11 is 1.77. The van der Waals surface area contributed by atoms with Gasteiger partial charge in [0, 0.05) is 19.0 Å². The Hall–Kier alpha value is -3.06. The molecule has 4 aromatic rings. The van der Waals surface area contributed by atoms with E-state index in [1.54, 1.807) is 23.7 Å². The fraction of sp³-hybridized carbons (Fsp3) is 0.333. The molecular weight excluding hydrogens is 406 g/mol. The highest BCUT2D eigenvalue weighted by Crippen LogP contribution is 2.30. The standard InChI is InChI=1S/C24H25N5OS/c1-16-7-10-21(29-25-11-12-26-29)19(13-16)24(30)28-15-18(9-8-17(28)2)14-23-27-20-5-3-4-6-22(20)31-23/h3-7,10-13,17-18H,8-9,14-15H2,1-2H3/t17-,18+/m1/s1. The number of hydrogen-bond acceptors (Lipinski definition) is 5. The minimum absolute atomic E-state index is 0.0532. The number of benzene rings is 2. The summed E-state index contributed by atoms with van der Waals surface area (Å²) in [5, 5.41) is 9.64. The number of piperidine rings is 1. The second-order valence-electron chi connectivity index (χ2n) is 8.37. The van der Waals surface area contributed by atoms with E-state index in [2.05, 4.69) is 35.3 Å². The maximum Gasteiger partial charge on any atom is 0.256 e. The molecule has 7 heteroatoms. The van der Waals surface area contributed by atoms with Crippen LogP contribution in [0.3, 0.4) is 0 Å². The first-order valence-corrected chi connectivity index (χ1v) is 11.5. The zero-order valence-electron chi connectivity index (χ0n) is 17.7. The lowest BCUT2D eigenvalue weighted by molar-refractivity contribution is 0.0559. The lowest BCUT2D eigenvalue weighted by Gasteiger charge is -2.38. The summed E-state index contributed by atoms with van der Waals surface area (Å²) in [5.41, 5.74) is 3.50. The van der Waals surface area contributed by atoms with Crippen LogP contribution in [0.1, 0.15) is 40.7 Å². The molecule has 0 radical (unpaired) electrons. The molecule has 1 aliphatic heterocycles. The van der Waals surface area contributed by atoms with E-state index in [1.807, 2.05) is 36.1 Å². The molecule has 0 N–H and O–H groups in total. The summed E-state index contributed by atoms with van der Waals surface area (Å²) in [6.45, 7) is 4.90. The third kappa shape index (κ3) is 3.97. The molecule has 2 aromatic heterocycles. The SMILES string of the molecule is Cc1ccc(-n2nccn2)c(C(=O)N2C[C@H](Cc3nc4ccccc4s3)CC[C@H]2C)c1. The van der Waals surface area contributed by atoms with Gasteiger partial charge in [0.1, 0.15) is 0 Å². The van der Waals surface area contributed by atoms with E-state index in [4.69, 9.17) is 4.98 Å². The molecule has 31 heavy (non-hydrogen) atoms. The van der Waals surface area contributed by atoms with Gasteiger partial charge in [-0.2, -0.15) is 15.0 Å². The lowest BCUT2D eigenvalue weighted by atomic mass is 9.90. The summed E-state index contributed by atoms with van der Waals surface area (Å²) in [6, 6.07) is 14.3. The molecule has 2 aromatic carbocycles. The van der Waals surface area contributed by atoms with Gasteiger partial charge in [-0.25, -0.2) is 4.98 Å². The number of likely N-dealkylation sites (tertiary alicyclic amines) is 1. The Bertz CT molecular complexity index is 1180. The highest BCUT2D eigenvalue weighted by molar-refractivity contribution is 7.18. The Kier molecular flexibility index (Phi) is 5.28. The largest absolute Gasteiger partial charge is 0.336 e. The molecule has 0 saturated carbocycles. The van der Waals surface area contributed by atoms with Crippen molar-refractivity contribution in [3.63, 3.8) is 0 Å². The monoisotopic (exact) mass is 431 g/mol. The first-order chi connectivity index (χ1) is 15.1. The van der Waals surface area contributed by atoms with Crippen LogP contribution in [0.5, 0.6) is 0 Å². The van der Waals surface area contributed by atoms with Crippen LogP contribution in [-0.2, 0) is 6.42 Å². The van der Waals surface area contributed by atoms with Gasteiger partial charge in [-0.15, -0.1) is 11.3 Å². The van der Waals surface area contributed by atoms with Crippen LogP contribution in [0.4, 0.5) is 0 Å². The Labute approximate surface area is 185 Å². The molecule has 158 valence electrons. The molecule has 1 fully saturated rings. The van der Waals surface area contributed by atoms with E-state index < -0.39 is 0 Å². The third-order valence-electron chi connectivity index (χ3n) is 6.06. The highest BCUT2D eigenvalue weighted by Gasteiger charge is 2.31. The number of aromatic nitrogens is 4. The molecule has 3 heterocycles. The quantitative estimate of drug-likeness (QED) is 0.471. The highest BCUT2D eigenvalue weighted by atomic mass is 32.1. The minimum Gasteiger partial charge on any atom is -0.336 e. The first-order valence-electron chi connectivity index (χ1n) is 10.7. The maximum absolute atomic E-state index is 13.7. The molecule has 1 aliphatic rings. The fourth-order valence-corrected chi connectivity index (χ4v) is 5.46. The Morgan fingerprint density at radius 3 is 2.74 bits per heavy atom. The topological polar surface area (TPSA) is 63.9 Å². The van der Waals surface area contributed by atoms with Gasteiger partial charge in [0.05, 0.1) is 38.9 Å². The predicted octanol–water partition coefficient (Wildman–Crippen LogP) is 4.67. The average molecular weight is 432 g/mol. The van der Waals surface area contributed by atoms with Crippen LogP contribution in [-0.4, -0.2) is 43.4 Å². The number of rotatable bonds is 4. The van der Waals surface area contributed by atoms with Gasteiger partial charge >= 0.3 is 0 Å². The molecular formula is C24H25N5OS. The van der Waals surface area contributed by atoms with Crippen molar-refractivity contribution in [1.82, 2.24) is 24.9 Å². The van der Waals surface area contributed by atoms with E-state index in [-0.39, 0.29) is 11.9 Å². The van der Waals surface area contributed by atoms with E-state index in [1.165, 1.54) is 9.50 Å². The Morgan fingerprint density at radius 1 is 1.13 bits per heavy atom. The second-order valence-corrected chi connectivity index (χ2v) is 9.48. The number of hydrogen-bond donors (Lipinski definition) is 0. The van der Waals surface area contributed by atoms with Gasteiger partial charge in [-0.05, 0) is 56.9 Å². The van der Waals surface area contributed by atoms with E-state index in [9.17, 15) is 4.79 Å². The molecule has 5 rings (SSSR count). The molecule has 0 bridgehead atoms. The van der Waals surface area contributed by atoms with Gasteiger partial charge < -0.3 is 4.90 Å². The zero-order chi connectivity index (χ0) is 21.4. The third-order valence-corrected chi connectivity index (χ3v) is 7.12. The number of carbonyl (C=O) groups is 1. The fourth-order valence-electron chi connectivity index (χ4n) is 4.38. The summed E-state index contributed by atoms with van der Waals surface area (Å²) in [6.07, 6.45) is 6.29. The lowest BCUT2D eigenvalue weighted by Crippen LogP contribution is -2.46. The van der Waals surface area contributed by atoms with Gasteiger partial charge in [0.15, 0.2) is 0 Å². The average Bonchev–Trinajstić information content (AvgIpc) is 3.44. The van der Waals surface area contributed by atoms with Crippen LogP contribution >= 0.6 is 11.3 Å². The molecule has 1 saturated heterocycles. The van der Waals surface area contributed by atoms with Crippen molar-refractivity contribution in [3.8, 4) is 5.69 Å². The van der Waals surface area contributed by atoms with Gasteiger partial charge in [0.25, 0.3) is 5.91 Å². The number of para-hydroxylation sites is 1. The molecule has 6 nitrogen and oxygen atoms in total. The van der Waals surface area contributed by atoms with Crippen LogP contribution in [0, 0.1) is 12.8 Å². The van der Waals surface area contributed by atoms with Crippen molar-refractivity contribution in [2.75, 3.05) is 6.54 Å². The molecule has 1 amide bonds. The molecule has 0 spiro atoms. The van der Waals surface area contributed by atoms with Gasteiger partial charge in [-0.3, -0.25) is 4.79 Å². The van der Waals surface area contributed by atoms with E-state index in [0.717, 1.165) is 47.6 Å². The van der Waals surface area contributed by atoms with Crippen LogP contribution in [0.2, 0.25) is 0 Å². The first kappa shape index (κ1) is 19.9. The van der Waals surface area contributed by atoms with Crippen LogP contribution < -0.4 is 0 Å². The molecule has 0 unspecified atom stereocenters. The number of nitrogens with zero attached hydrogens (tertiary/aromatic N) is 5. The van der Waals surface area contributed by atoms with Gasteiger partial charge in [0.2, 0.25) is 0 Å². The van der Waals surface area contributed by atoms with Gasteiger partial charge in [-0.1, -0.05) is 23.8 Å². The molecule has 2 atom stereocenters. The normalized spacial score (nSPS) is 19.1. The summed E-state index contributed by atoms with van der Waals surface area (Å²) in [5.74, 6) is 0.467. The Morgan fingerprint density at radius 2 is 1.94 bits per heavy atom. The van der Waals surface area contributed by atoms with E-state index in [0.29, 0.717) is 11.5 Å².